The fraction of sp³-hybridized carbons (Fsp3) is 0.348. The molecule has 0 saturated carbocycles. The fourth-order valence-corrected chi connectivity index (χ4v) is 5.29. The summed E-state index contributed by atoms with van der Waals surface area (Å²) in [5, 5.41) is 4.00. The molecule has 0 fully saturated rings. The number of nitrogens with one attached hydrogen (secondary N) is 1. The number of fused-ring (bicyclic) bond motifs is 2. The van der Waals surface area contributed by atoms with Crippen LogP contribution in [-0.4, -0.2) is 20.7 Å². The van der Waals surface area contributed by atoms with Gasteiger partial charge in [-0.25, -0.2) is 4.98 Å². The van der Waals surface area contributed by atoms with Gasteiger partial charge in [0.05, 0.1) is 22.2 Å². The quantitative estimate of drug-likeness (QED) is 0.414. The first-order chi connectivity index (χ1) is 14.5. The van der Waals surface area contributed by atoms with E-state index in [9.17, 15) is 9.59 Å². The van der Waals surface area contributed by atoms with Crippen molar-refractivity contribution < 1.29 is 4.79 Å². The number of rotatable bonds is 5. The molecule has 0 aliphatic heterocycles. The van der Waals surface area contributed by atoms with Gasteiger partial charge in [0, 0.05) is 11.0 Å². The Morgan fingerprint density at radius 2 is 2.13 bits per heavy atom. The minimum Gasteiger partial charge on any atom is -0.348 e. The molecule has 1 heterocycles. The molecule has 1 aliphatic carbocycles. The third-order valence-corrected chi connectivity index (χ3v) is 7.12. The SMILES string of the molecule is CCn1c(SC(C)C(=O)NC2CCCc3ccccc32)nc2ccc(Br)cc2c1=O. The van der Waals surface area contributed by atoms with Gasteiger partial charge in [-0.1, -0.05) is 52.0 Å². The number of aromatic nitrogens is 2. The van der Waals surface area contributed by atoms with E-state index in [0.29, 0.717) is 22.6 Å². The van der Waals surface area contributed by atoms with Gasteiger partial charge >= 0.3 is 0 Å². The summed E-state index contributed by atoms with van der Waals surface area (Å²) >= 11 is 4.75. The van der Waals surface area contributed by atoms with E-state index in [2.05, 4.69) is 44.4 Å². The number of carbonyl (C=O) groups is 1. The second kappa shape index (κ2) is 8.94. The first-order valence-corrected chi connectivity index (χ1v) is 11.9. The number of amides is 1. The molecule has 0 radical (unpaired) electrons. The molecule has 30 heavy (non-hydrogen) atoms. The van der Waals surface area contributed by atoms with Gasteiger partial charge in [-0.15, -0.1) is 0 Å². The summed E-state index contributed by atoms with van der Waals surface area (Å²) in [7, 11) is 0. The minimum absolute atomic E-state index is 0.0329. The van der Waals surface area contributed by atoms with E-state index in [-0.39, 0.29) is 22.8 Å². The molecule has 2 unspecified atom stereocenters. The number of hydrogen-bond donors (Lipinski definition) is 1. The van der Waals surface area contributed by atoms with Crippen molar-refractivity contribution in [1.82, 2.24) is 14.9 Å². The van der Waals surface area contributed by atoms with Crippen LogP contribution in [0.2, 0.25) is 0 Å². The van der Waals surface area contributed by atoms with Gasteiger partial charge in [-0.05, 0) is 62.4 Å². The van der Waals surface area contributed by atoms with E-state index in [1.165, 1.54) is 22.9 Å². The van der Waals surface area contributed by atoms with Crippen LogP contribution in [0.15, 0.2) is 56.9 Å². The predicted molar refractivity (Wildman–Crippen MR) is 125 cm³/mol. The number of hydrogen-bond acceptors (Lipinski definition) is 4. The van der Waals surface area contributed by atoms with Crippen molar-refractivity contribution in [2.45, 2.75) is 56.1 Å². The number of carbonyl (C=O) groups excluding carboxylic acids is 1. The summed E-state index contributed by atoms with van der Waals surface area (Å²) in [6, 6.07) is 13.9. The molecule has 0 saturated heterocycles. The maximum absolute atomic E-state index is 13.0. The van der Waals surface area contributed by atoms with Crippen molar-refractivity contribution in [2.75, 3.05) is 0 Å². The third-order valence-electron chi connectivity index (χ3n) is 5.53. The molecule has 2 aromatic carbocycles. The Morgan fingerprint density at radius 3 is 2.93 bits per heavy atom. The van der Waals surface area contributed by atoms with Crippen molar-refractivity contribution in [3.8, 4) is 0 Å². The zero-order valence-electron chi connectivity index (χ0n) is 17.0. The predicted octanol–water partition coefficient (Wildman–Crippen LogP) is 4.85. The van der Waals surface area contributed by atoms with Gasteiger partial charge < -0.3 is 5.32 Å². The van der Waals surface area contributed by atoms with Gasteiger partial charge in [0.1, 0.15) is 0 Å². The summed E-state index contributed by atoms with van der Waals surface area (Å²) in [6.07, 6.45) is 3.08. The number of thioether (sulfide) groups is 1. The van der Waals surface area contributed by atoms with Gasteiger partial charge in [-0.3, -0.25) is 14.2 Å². The van der Waals surface area contributed by atoms with E-state index in [1.54, 1.807) is 10.6 Å². The van der Waals surface area contributed by atoms with Crippen LogP contribution >= 0.6 is 27.7 Å². The molecular formula is C23H24BrN3O2S. The second-order valence-electron chi connectivity index (χ2n) is 7.52. The molecule has 4 rings (SSSR count). The Bertz CT molecular complexity index is 1160. The first-order valence-electron chi connectivity index (χ1n) is 10.2. The van der Waals surface area contributed by atoms with Crippen LogP contribution in [0.4, 0.5) is 0 Å². The fourth-order valence-electron chi connectivity index (χ4n) is 3.95. The maximum Gasteiger partial charge on any atom is 0.262 e. The van der Waals surface area contributed by atoms with Gasteiger partial charge in [-0.2, -0.15) is 0 Å². The number of halogens is 1. The minimum atomic E-state index is -0.364. The summed E-state index contributed by atoms with van der Waals surface area (Å²) in [4.78, 5) is 30.6. The monoisotopic (exact) mass is 485 g/mol. The zero-order chi connectivity index (χ0) is 21.3. The molecule has 1 N–H and O–H groups in total. The lowest BCUT2D eigenvalue weighted by molar-refractivity contribution is -0.121. The first kappa shape index (κ1) is 21.1. The molecular weight excluding hydrogens is 462 g/mol. The van der Waals surface area contributed by atoms with E-state index in [4.69, 9.17) is 0 Å². The summed E-state index contributed by atoms with van der Waals surface area (Å²) in [5.74, 6) is -0.0329. The van der Waals surface area contributed by atoms with Crippen LogP contribution in [0.5, 0.6) is 0 Å². The Morgan fingerprint density at radius 1 is 1.33 bits per heavy atom. The summed E-state index contributed by atoms with van der Waals surface area (Å²) in [6.45, 7) is 4.29. The van der Waals surface area contributed by atoms with Crippen LogP contribution in [0, 0.1) is 0 Å². The smallest absolute Gasteiger partial charge is 0.262 e. The zero-order valence-corrected chi connectivity index (χ0v) is 19.4. The second-order valence-corrected chi connectivity index (χ2v) is 9.74. The van der Waals surface area contributed by atoms with Crippen LogP contribution < -0.4 is 10.9 Å². The largest absolute Gasteiger partial charge is 0.348 e. The van der Waals surface area contributed by atoms with E-state index < -0.39 is 0 Å². The summed E-state index contributed by atoms with van der Waals surface area (Å²) < 4.78 is 2.48. The van der Waals surface area contributed by atoms with E-state index in [0.717, 1.165) is 23.7 Å². The highest BCUT2D eigenvalue weighted by molar-refractivity contribution is 9.10. The van der Waals surface area contributed by atoms with Crippen molar-refractivity contribution in [1.29, 1.82) is 0 Å². The average molecular weight is 486 g/mol. The molecule has 2 atom stereocenters. The Kier molecular flexibility index (Phi) is 6.29. The van der Waals surface area contributed by atoms with Crippen LogP contribution in [0.3, 0.4) is 0 Å². The van der Waals surface area contributed by atoms with Gasteiger partial charge in [0.25, 0.3) is 5.56 Å². The highest BCUT2D eigenvalue weighted by Gasteiger charge is 2.25. The Labute approximate surface area is 188 Å². The molecule has 3 aromatic rings. The summed E-state index contributed by atoms with van der Waals surface area (Å²) in [5.41, 5.74) is 3.09. The highest BCUT2D eigenvalue weighted by Crippen LogP contribution is 2.30. The highest BCUT2D eigenvalue weighted by atomic mass is 79.9. The maximum atomic E-state index is 13.0. The number of nitrogens with zero attached hydrogens (tertiary/aromatic N) is 2. The lowest BCUT2D eigenvalue weighted by Gasteiger charge is -2.27. The van der Waals surface area contributed by atoms with Crippen molar-refractivity contribution in [2.24, 2.45) is 0 Å². The number of aryl methyl sites for hydroxylation is 1. The molecule has 5 nitrogen and oxygen atoms in total. The van der Waals surface area contributed by atoms with Crippen LogP contribution in [0.25, 0.3) is 10.9 Å². The average Bonchev–Trinajstić information content (AvgIpc) is 2.75. The lowest BCUT2D eigenvalue weighted by atomic mass is 9.88. The van der Waals surface area contributed by atoms with Crippen LogP contribution in [0.1, 0.15) is 43.9 Å². The molecule has 7 heteroatoms. The van der Waals surface area contributed by atoms with Crippen molar-refractivity contribution in [3.05, 3.63) is 68.4 Å². The Balaban J connectivity index is 1.56. The topological polar surface area (TPSA) is 64.0 Å². The molecule has 156 valence electrons. The Hall–Kier alpha value is -2.12. The van der Waals surface area contributed by atoms with Gasteiger partial charge in [0.15, 0.2) is 5.16 Å². The molecule has 0 spiro atoms. The number of benzene rings is 2. The molecule has 1 amide bonds. The normalized spacial score (nSPS) is 16.8. The standard InChI is InChI=1S/C23H24BrN3O2S/c1-3-27-22(29)18-13-16(24)11-12-20(18)26-23(27)30-14(2)21(28)25-19-10-6-8-15-7-4-5-9-17(15)19/h4-5,7,9,11-14,19H,3,6,8,10H2,1-2H3,(H,25,28). The third kappa shape index (κ3) is 4.18. The van der Waals surface area contributed by atoms with E-state index >= 15 is 0 Å². The molecule has 1 aliphatic rings. The van der Waals surface area contributed by atoms with Crippen molar-refractivity contribution >= 4 is 44.5 Å². The molecule has 0 bridgehead atoms. The van der Waals surface area contributed by atoms with Gasteiger partial charge in [0.2, 0.25) is 5.91 Å². The molecule has 1 aromatic heterocycles. The lowest BCUT2D eigenvalue weighted by Crippen LogP contribution is -2.36. The van der Waals surface area contributed by atoms with Crippen LogP contribution in [-0.2, 0) is 17.8 Å². The van der Waals surface area contributed by atoms with E-state index in [1.807, 2.05) is 32.0 Å². The van der Waals surface area contributed by atoms with Crippen molar-refractivity contribution in [3.63, 3.8) is 0 Å².